The number of nitrogens with two attached hydrogens (primary N) is 1. The minimum absolute atomic E-state index is 0.0833. The van der Waals surface area contributed by atoms with Gasteiger partial charge in [0.15, 0.2) is 0 Å². The fraction of sp³-hybridized carbons (Fsp3) is 0.714. The van der Waals surface area contributed by atoms with E-state index < -0.39 is 0 Å². The van der Waals surface area contributed by atoms with Crippen molar-refractivity contribution >= 4 is 10.9 Å². The second-order valence-corrected chi connectivity index (χ2v) is 9.34. The molecule has 0 bridgehead atoms. The van der Waals surface area contributed by atoms with E-state index in [2.05, 4.69) is 6.92 Å². The Hall–Kier alpha value is -1.68. The van der Waals surface area contributed by atoms with E-state index in [1.54, 1.807) is 0 Å². The van der Waals surface area contributed by atoms with Crippen molar-refractivity contribution in [1.82, 2.24) is 9.55 Å². The SMILES string of the molecule is CCCCCCCCCCCCCCCCCc1nc2ccccc2c(=O)n1CCCN. The molecule has 0 amide bonds. The highest BCUT2D eigenvalue weighted by molar-refractivity contribution is 5.77. The molecule has 180 valence electrons. The third kappa shape index (κ3) is 9.85. The van der Waals surface area contributed by atoms with Gasteiger partial charge in [0, 0.05) is 13.0 Å². The first-order chi connectivity index (χ1) is 15.8. The van der Waals surface area contributed by atoms with Gasteiger partial charge in [-0.1, -0.05) is 109 Å². The number of hydrogen-bond donors (Lipinski definition) is 1. The Morgan fingerprint density at radius 2 is 1.28 bits per heavy atom. The first kappa shape index (κ1) is 26.6. The minimum atomic E-state index is 0.0833. The van der Waals surface area contributed by atoms with E-state index in [4.69, 9.17) is 10.7 Å². The van der Waals surface area contributed by atoms with Crippen LogP contribution in [0.15, 0.2) is 29.1 Å². The largest absolute Gasteiger partial charge is 0.330 e. The van der Waals surface area contributed by atoms with Crippen LogP contribution in [0.3, 0.4) is 0 Å². The van der Waals surface area contributed by atoms with Crippen LogP contribution in [0.25, 0.3) is 10.9 Å². The summed E-state index contributed by atoms with van der Waals surface area (Å²) in [7, 11) is 0. The maximum absolute atomic E-state index is 12.9. The molecule has 0 unspecified atom stereocenters. The van der Waals surface area contributed by atoms with Gasteiger partial charge < -0.3 is 5.73 Å². The Labute approximate surface area is 196 Å². The maximum atomic E-state index is 12.9. The number of benzene rings is 1. The smallest absolute Gasteiger partial charge is 0.261 e. The monoisotopic (exact) mass is 441 g/mol. The molecule has 0 saturated heterocycles. The molecule has 1 aromatic carbocycles. The van der Waals surface area contributed by atoms with Gasteiger partial charge in [-0.25, -0.2) is 4.98 Å². The van der Waals surface area contributed by atoms with Gasteiger partial charge in [-0.05, 0) is 31.5 Å². The Morgan fingerprint density at radius 1 is 0.750 bits per heavy atom. The molecule has 2 N–H and O–H groups in total. The summed E-state index contributed by atoms with van der Waals surface area (Å²) in [4.78, 5) is 17.7. The lowest BCUT2D eigenvalue weighted by molar-refractivity contribution is 0.526. The molecule has 1 heterocycles. The van der Waals surface area contributed by atoms with Crippen molar-refractivity contribution in [2.24, 2.45) is 5.73 Å². The summed E-state index contributed by atoms with van der Waals surface area (Å²) in [5, 5.41) is 0.713. The molecule has 2 aromatic rings. The van der Waals surface area contributed by atoms with Crippen LogP contribution in [-0.2, 0) is 13.0 Å². The number of nitrogens with zero attached hydrogens (tertiary/aromatic N) is 2. The van der Waals surface area contributed by atoms with Gasteiger partial charge in [0.05, 0.1) is 10.9 Å². The Morgan fingerprint density at radius 3 is 1.84 bits per heavy atom. The molecule has 0 aliphatic carbocycles. The van der Waals surface area contributed by atoms with E-state index in [1.807, 2.05) is 28.8 Å². The van der Waals surface area contributed by atoms with Crippen LogP contribution in [0.1, 0.15) is 115 Å². The summed E-state index contributed by atoms with van der Waals surface area (Å²) in [5.74, 6) is 0.928. The van der Waals surface area contributed by atoms with E-state index in [0.717, 1.165) is 30.6 Å². The second-order valence-electron chi connectivity index (χ2n) is 9.34. The highest BCUT2D eigenvalue weighted by Crippen LogP contribution is 2.15. The predicted octanol–water partition coefficient (Wildman–Crippen LogP) is 7.16. The van der Waals surface area contributed by atoms with Gasteiger partial charge in [-0.2, -0.15) is 0 Å². The van der Waals surface area contributed by atoms with Crippen LogP contribution in [-0.4, -0.2) is 16.1 Å². The Bertz CT molecular complexity index is 799. The van der Waals surface area contributed by atoms with Crippen LogP contribution in [0.4, 0.5) is 0 Å². The van der Waals surface area contributed by atoms with Gasteiger partial charge in [0.25, 0.3) is 5.56 Å². The van der Waals surface area contributed by atoms with E-state index in [-0.39, 0.29) is 5.56 Å². The number of hydrogen-bond acceptors (Lipinski definition) is 3. The van der Waals surface area contributed by atoms with Crippen molar-refractivity contribution < 1.29 is 0 Å². The summed E-state index contributed by atoms with van der Waals surface area (Å²) >= 11 is 0. The number of para-hydroxylation sites is 1. The van der Waals surface area contributed by atoms with E-state index in [1.165, 1.54) is 89.9 Å². The van der Waals surface area contributed by atoms with Gasteiger partial charge in [0.2, 0.25) is 0 Å². The lowest BCUT2D eigenvalue weighted by Gasteiger charge is -2.13. The normalized spacial score (nSPS) is 11.4. The van der Waals surface area contributed by atoms with E-state index in [9.17, 15) is 4.79 Å². The van der Waals surface area contributed by atoms with Gasteiger partial charge >= 0.3 is 0 Å². The van der Waals surface area contributed by atoms with Crippen LogP contribution in [0, 0.1) is 0 Å². The van der Waals surface area contributed by atoms with Crippen molar-refractivity contribution in [3.63, 3.8) is 0 Å². The molecule has 0 fully saturated rings. The Kier molecular flexibility index (Phi) is 14.0. The van der Waals surface area contributed by atoms with Gasteiger partial charge in [0.1, 0.15) is 5.82 Å². The third-order valence-corrected chi connectivity index (χ3v) is 6.53. The van der Waals surface area contributed by atoms with Crippen molar-refractivity contribution in [3.05, 3.63) is 40.4 Å². The highest BCUT2D eigenvalue weighted by atomic mass is 16.1. The van der Waals surface area contributed by atoms with Crippen LogP contribution in [0.5, 0.6) is 0 Å². The fourth-order valence-electron chi connectivity index (χ4n) is 4.54. The molecule has 0 radical (unpaired) electrons. The molecule has 0 aliphatic rings. The highest BCUT2D eigenvalue weighted by Gasteiger charge is 2.10. The van der Waals surface area contributed by atoms with E-state index in [0.29, 0.717) is 18.5 Å². The number of aryl methyl sites for hydroxylation is 1. The van der Waals surface area contributed by atoms with Crippen molar-refractivity contribution in [3.8, 4) is 0 Å². The van der Waals surface area contributed by atoms with Gasteiger partial charge in [-0.15, -0.1) is 0 Å². The third-order valence-electron chi connectivity index (χ3n) is 6.53. The molecule has 1 aromatic heterocycles. The topological polar surface area (TPSA) is 60.9 Å². The summed E-state index contributed by atoms with van der Waals surface area (Å²) in [6.45, 7) is 3.55. The Balaban J connectivity index is 1.59. The van der Waals surface area contributed by atoms with Crippen LogP contribution in [0.2, 0.25) is 0 Å². The van der Waals surface area contributed by atoms with E-state index >= 15 is 0 Å². The molecule has 0 spiro atoms. The fourth-order valence-corrected chi connectivity index (χ4v) is 4.54. The molecule has 32 heavy (non-hydrogen) atoms. The average molecular weight is 442 g/mol. The van der Waals surface area contributed by atoms with Crippen molar-refractivity contribution in [2.75, 3.05) is 6.54 Å². The lowest BCUT2D eigenvalue weighted by Crippen LogP contribution is -2.26. The summed E-state index contributed by atoms with van der Waals surface area (Å²) in [5.41, 5.74) is 6.59. The number of unbranched alkanes of at least 4 members (excludes halogenated alkanes) is 14. The summed E-state index contributed by atoms with van der Waals surface area (Å²) < 4.78 is 1.86. The average Bonchev–Trinajstić information content (AvgIpc) is 2.81. The standard InChI is InChI=1S/C28H47N3O/c1-2-3-4-5-6-7-8-9-10-11-12-13-14-15-16-22-27-30-26-21-18-17-20-25(26)28(32)31(27)24-19-23-29/h17-18,20-21H,2-16,19,22-24,29H2,1H3. The minimum Gasteiger partial charge on any atom is -0.330 e. The summed E-state index contributed by atoms with van der Waals surface area (Å²) in [6.07, 6.45) is 22.1. The zero-order valence-electron chi connectivity index (χ0n) is 20.6. The number of rotatable bonds is 19. The molecule has 0 atom stereocenters. The molecule has 4 heteroatoms. The van der Waals surface area contributed by atoms with Crippen LogP contribution >= 0.6 is 0 Å². The zero-order chi connectivity index (χ0) is 22.9. The maximum Gasteiger partial charge on any atom is 0.261 e. The molecular weight excluding hydrogens is 394 g/mol. The number of fused-ring (bicyclic) bond motifs is 1. The van der Waals surface area contributed by atoms with Gasteiger partial charge in [-0.3, -0.25) is 9.36 Å². The second kappa shape index (κ2) is 16.9. The molecule has 4 nitrogen and oxygen atoms in total. The van der Waals surface area contributed by atoms with Crippen molar-refractivity contribution in [2.45, 2.75) is 123 Å². The first-order valence-electron chi connectivity index (χ1n) is 13.5. The molecule has 0 saturated carbocycles. The summed E-state index contributed by atoms with van der Waals surface area (Å²) in [6, 6.07) is 7.68. The lowest BCUT2D eigenvalue weighted by atomic mass is 10.0. The molecular formula is C28H47N3O. The number of aromatic nitrogens is 2. The first-order valence-corrected chi connectivity index (χ1v) is 13.5. The predicted molar refractivity (Wildman–Crippen MR) is 138 cm³/mol. The molecule has 2 rings (SSSR count). The molecule has 0 aliphatic heterocycles. The van der Waals surface area contributed by atoms with Crippen LogP contribution < -0.4 is 11.3 Å². The zero-order valence-corrected chi connectivity index (χ0v) is 20.6. The van der Waals surface area contributed by atoms with Crippen molar-refractivity contribution in [1.29, 1.82) is 0 Å². The quantitative estimate of drug-likeness (QED) is 0.235.